The van der Waals surface area contributed by atoms with Crippen molar-refractivity contribution in [2.75, 3.05) is 0 Å². The first-order chi connectivity index (χ1) is 9.77. The number of carboxylic acid groups (broad SMARTS) is 1. The predicted molar refractivity (Wildman–Crippen MR) is 68.2 cm³/mol. The molecule has 0 amide bonds. The SMILES string of the molecule is O=C(O)c1ccc(Br)cc1Oc1nccc(C(F)(F)F)n1. The predicted octanol–water partition coefficient (Wildman–Crippen LogP) is 3.75. The van der Waals surface area contributed by atoms with Gasteiger partial charge in [0.05, 0.1) is 0 Å². The molecule has 110 valence electrons. The Labute approximate surface area is 124 Å². The summed E-state index contributed by atoms with van der Waals surface area (Å²) in [6.45, 7) is 0. The molecule has 1 aromatic carbocycles. The van der Waals surface area contributed by atoms with E-state index in [0.29, 0.717) is 10.5 Å². The van der Waals surface area contributed by atoms with Crippen LogP contribution in [0.15, 0.2) is 34.9 Å². The van der Waals surface area contributed by atoms with Gasteiger partial charge in [-0.05, 0) is 24.3 Å². The van der Waals surface area contributed by atoms with Gasteiger partial charge in [-0.15, -0.1) is 0 Å². The van der Waals surface area contributed by atoms with Gasteiger partial charge in [0.15, 0.2) is 5.69 Å². The van der Waals surface area contributed by atoms with Crippen LogP contribution in [-0.2, 0) is 6.18 Å². The number of alkyl halides is 3. The van der Waals surface area contributed by atoms with Crippen LogP contribution >= 0.6 is 15.9 Å². The average molecular weight is 363 g/mol. The van der Waals surface area contributed by atoms with E-state index in [4.69, 9.17) is 9.84 Å². The first-order valence-electron chi connectivity index (χ1n) is 5.38. The summed E-state index contributed by atoms with van der Waals surface area (Å²) in [6.07, 6.45) is -3.77. The van der Waals surface area contributed by atoms with Crippen LogP contribution in [0.3, 0.4) is 0 Å². The Kier molecular flexibility index (Phi) is 4.12. The molecule has 5 nitrogen and oxygen atoms in total. The fourth-order valence-corrected chi connectivity index (χ4v) is 1.74. The zero-order chi connectivity index (χ0) is 15.6. The van der Waals surface area contributed by atoms with Crippen molar-refractivity contribution in [1.82, 2.24) is 9.97 Å². The van der Waals surface area contributed by atoms with Crippen molar-refractivity contribution in [2.24, 2.45) is 0 Å². The average Bonchev–Trinajstić information content (AvgIpc) is 2.37. The lowest BCUT2D eigenvalue weighted by Crippen LogP contribution is -2.09. The summed E-state index contributed by atoms with van der Waals surface area (Å²) >= 11 is 3.11. The Hall–Kier alpha value is -2.16. The third-order valence-electron chi connectivity index (χ3n) is 2.30. The van der Waals surface area contributed by atoms with Crippen molar-refractivity contribution in [2.45, 2.75) is 6.18 Å². The zero-order valence-corrected chi connectivity index (χ0v) is 11.6. The molecule has 21 heavy (non-hydrogen) atoms. The molecule has 0 aliphatic rings. The molecule has 0 aliphatic carbocycles. The van der Waals surface area contributed by atoms with Gasteiger partial charge in [-0.2, -0.15) is 18.2 Å². The van der Waals surface area contributed by atoms with Crippen molar-refractivity contribution in [1.29, 1.82) is 0 Å². The van der Waals surface area contributed by atoms with Gasteiger partial charge in [-0.25, -0.2) is 9.78 Å². The molecule has 0 unspecified atom stereocenters. The largest absolute Gasteiger partial charge is 0.478 e. The van der Waals surface area contributed by atoms with E-state index in [-0.39, 0.29) is 11.3 Å². The van der Waals surface area contributed by atoms with Gasteiger partial charge in [-0.1, -0.05) is 15.9 Å². The summed E-state index contributed by atoms with van der Waals surface area (Å²) in [5.41, 5.74) is -1.40. The van der Waals surface area contributed by atoms with Crippen LogP contribution in [0.1, 0.15) is 16.1 Å². The van der Waals surface area contributed by atoms with E-state index < -0.39 is 23.8 Å². The Morgan fingerprint density at radius 1 is 1.29 bits per heavy atom. The van der Waals surface area contributed by atoms with E-state index in [9.17, 15) is 18.0 Å². The highest BCUT2D eigenvalue weighted by atomic mass is 79.9. The molecule has 1 aromatic heterocycles. The number of aromatic carboxylic acids is 1. The van der Waals surface area contributed by atoms with Crippen LogP contribution < -0.4 is 4.74 Å². The molecule has 1 heterocycles. The maximum Gasteiger partial charge on any atom is 0.433 e. The minimum Gasteiger partial charge on any atom is -0.478 e. The van der Waals surface area contributed by atoms with Crippen LogP contribution in [-0.4, -0.2) is 21.0 Å². The molecule has 0 saturated heterocycles. The lowest BCUT2D eigenvalue weighted by molar-refractivity contribution is -0.141. The first-order valence-corrected chi connectivity index (χ1v) is 6.17. The van der Waals surface area contributed by atoms with Crippen LogP contribution in [0.25, 0.3) is 0 Å². The fraction of sp³-hybridized carbons (Fsp3) is 0.0833. The summed E-state index contributed by atoms with van der Waals surface area (Å²) < 4.78 is 43.1. The number of nitrogens with zero attached hydrogens (tertiary/aromatic N) is 2. The summed E-state index contributed by atoms with van der Waals surface area (Å²) in [5.74, 6) is -1.46. The fourth-order valence-electron chi connectivity index (χ4n) is 1.40. The Balaban J connectivity index is 2.39. The number of carbonyl (C=O) groups is 1. The van der Waals surface area contributed by atoms with Crippen molar-refractivity contribution < 1.29 is 27.8 Å². The third kappa shape index (κ3) is 3.69. The Morgan fingerprint density at radius 2 is 2.00 bits per heavy atom. The maximum absolute atomic E-state index is 12.5. The van der Waals surface area contributed by atoms with Crippen LogP contribution in [0.5, 0.6) is 11.8 Å². The monoisotopic (exact) mass is 362 g/mol. The molecule has 9 heteroatoms. The first kappa shape index (κ1) is 15.2. The Bertz CT molecular complexity index is 692. The molecule has 0 saturated carbocycles. The summed E-state index contributed by atoms with van der Waals surface area (Å²) in [7, 11) is 0. The van der Waals surface area contributed by atoms with Gasteiger partial charge in [0.1, 0.15) is 11.3 Å². The number of aromatic nitrogens is 2. The lowest BCUT2D eigenvalue weighted by Gasteiger charge is -2.09. The van der Waals surface area contributed by atoms with Crippen molar-refractivity contribution in [3.8, 4) is 11.8 Å². The topological polar surface area (TPSA) is 72.3 Å². The van der Waals surface area contributed by atoms with Gasteiger partial charge < -0.3 is 9.84 Å². The van der Waals surface area contributed by atoms with Crippen molar-refractivity contribution >= 4 is 21.9 Å². The number of halogens is 4. The van der Waals surface area contributed by atoms with E-state index in [0.717, 1.165) is 6.20 Å². The van der Waals surface area contributed by atoms with Gasteiger partial charge in [0, 0.05) is 10.7 Å². The highest BCUT2D eigenvalue weighted by Crippen LogP contribution is 2.30. The highest BCUT2D eigenvalue weighted by molar-refractivity contribution is 9.10. The second-order valence-corrected chi connectivity index (χ2v) is 4.69. The molecule has 2 rings (SSSR count). The lowest BCUT2D eigenvalue weighted by atomic mass is 10.2. The smallest absolute Gasteiger partial charge is 0.433 e. The van der Waals surface area contributed by atoms with E-state index in [2.05, 4.69) is 25.9 Å². The normalized spacial score (nSPS) is 11.2. The third-order valence-corrected chi connectivity index (χ3v) is 2.79. The summed E-state index contributed by atoms with van der Waals surface area (Å²) in [6, 6.07) is 4.10. The minimum atomic E-state index is -4.64. The second kappa shape index (κ2) is 5.68. The molecule has 1 N–H and O–H groups in total. The maximum atomic E-state index is 12.5. The quantitative estimate of drug-likeness (QED) is 0.900. The standard InChI is InChI=1S/C12H6BrF3N2O3/c13-6-1-2-7(10(19)20)8(5-6)21-11-17-4-3-9(18-11)12(14,15)16/h1-5H,(H,19,20). The Morgan fingerprint density at radius 3 is 2.62 bits per heavy atom. The minimum absolute atomic E-state index is 0.170. The number of rotatable bonds is 3. The second-order valence-electron chi connectivity index (χ2n) is 3.77. The van der Waals surface area contributed by atoms with Crippen molar-refractivity contribution in [3.05, 3.63) is 46.2 Å². The number of ether oxygens (including phenoxy) is 1. The molecular weight excluding hydrogens is 357 g/mol. The van der Waals surface area contributed by atoms with E-state index >= 15 is 0 Å². The van der Waals surface area contributed by atoms with Crippen LogP contribution in [0.2, 0.25) is 0 Å². The van der Waals surface area contributed by atoms with Gasteiger partial charge in [0.2, 0.25) is 0 Å². The molecule has 2 aromatic rings. The van der Waals surface area contributed by atoms with E-state index in [1.54, 1.807) is 0 Å². The van der Waals surface area contributed by atoms with Gasteiger partial charge in [-0.3, -0.25) is 0 Å². The zero-order valence-electron chi connectivity index (χ0n) is 10.1. The summed E-state index contributed by atoms with van der Waals surface area (Å²) in [4.78, 5) is 17.8. The molecule has 0 aliphatic heterocycles. The van der Waals surface area contributed by atoms with E-state index in [1.165, 1.54) is 18.2 Å². The van der Waals surface area contributed by atoms with Crippen LogP contribution in [0, 0.1) is 0 Å². The molecule has 0 radical (unpaired) electrons. The van der Waals surface area contributed by atoms with Crippen molar-refractivity contribution in [3.63, 3.8) is 0 Å². The highest BCUT2D eigenvalue weighted by Gasteiger charge is 2.33. The molecule has 0 atom stereocenters. The molecule has 0 spiro atoms. The molecular formula is C12H6BrF3N2O3. The number of hydrogen-bond acceptors (Lipinski definition) is 4. The molecule has 0 bridgehead atoms. The summed E-state index contributed by atoms with van der Waals surface area (Å²) in [5, 5.41) is 9.00. The number of hydrogen-bond donors (Lipinski definition) is 1. The molecule has 0 fully saturated rings. The van der Waals surface area contributed by atoms with Gasteiger partial charge >= 0.3 is 18.2 Å². The van der Waals surface area contributed by atoms with Gasteiger partial charge in [0.25, 0.3) is 0 Å². The van der Waals surface area contributed by atoms with E-state index in [1.807, 2.05) is 0 Å². The number of carboxylic acids is 1. The number of benzene rings is 1. The van der Waals surface area contributed by atoms with Crippen LogP contribution in [0.4, 0.5) is 13.2 Å².